The van der Waals surface area contributed by atoms with Gasteiger partial charge in [0, 0.05) is 30.0 Å². The Morgan fingerprint density at radius 1 is 1.10 bits per heavy atom. The molecule has 1 N–H and O–H groups in total. The predicted molar refractivity (Wildman–Crippen MR) is 83.5 cm³/mol. The molecule has 0 aliphatic heterocycles. The molecular weight excluding hydrogens is 262 g/mol. The summed E-state index contributed by atoms with van der Waals surface area (Å²) in [6, 6.07) is 12.3. The fourth-order valence-electron chi connectivity index (χ4n) is 2.49. The van der Waals surface area contributed by atoms with E-state index in [1.165, 1.54) is 0 Å². The van der Waals surface area contributed by atoms with Gasteiger partial charge in [-0.3, -0.25) is 4.40 Å². The Labute approximate surface area is 124 Å². The number of anilines is 1. The van der Waals surface area contributed by atoms with Gasteiger partial charge < -0.3 is 5.32 Å². The van der Waals surface area contributed by atoms with Crippen LogP contribution in [0.3, 0.4) is 0 Å². The lowest BCUT2D eigenvalue weighted by Gasteiger charge is -2.06. The Bertz CT molecular complexity index is 733. The normalized spacial score (nSPS) is 11.0. The van der Waals surface area contributed by atoms with Crippen molar-refractivity contribution in [2.45, 2.75) is 26.7 Å². The number of nitrogens with zero attached hydrogens (tertiary/aromatic N) is 4. The van der Waals surface area contributed by atoms with Gasteiger partial charge in [0.25, 0.3) is 5.78 Å². The van der Waals surface area contributed by atoms with Crippen molar-refractivity contribution in [2.24, 2.45) is 0 Å². The van der Waals surface area contributed by atoms with Crippen LogP contribution >= 0.6 is 0 Å². The molecule has 21 heavy (non-hydrogen) atoms. The van der Waals surface area contributed by atoms with Crippen LogP contribution in [0.25, 0.3) is 5.78 Å². The van der Waals surface area contributed by atoms with E-state index >= 15 is 0 Å². The van der Waals surface area contributed by atoms with E-state index in [0.717, 1.165) is 42.3 Å². The van der Waals surface area contributed by atoms with Crippen molar-refractivity contribution < 1.29 is 0 Å². The molecule has 0 aliphatic carbocycles. The standard InChI is InChI=1S/C16H19N5/c1-12-11-13(2)21-15(19-20-16(21)18-12)9-6-10-17-14-7-4-3-5-8-14/h3-5,7-8,11,17H,6,9-10H2,1-2H3. The first-order chi connectivity index (χ1) is 10.2. The number of hydrogen-bond acceptors (Lipinski definition) is 4. The van der Waals surface area contributed by atoms with E-state index < -0.39 is 0 Å². The van der Waals surface area contributed by atoms with Crippen molar-refractivity contribution in [2.75, 3.05) is 11.9 Å². The van der Waals surface area contributed by atoms with Crippen LogP contribution in [0.1, 0.15) is 23.6 Å². The molecule has 3 aromatic rings. The maximum absolute atomic E-state index is 4.41. The van der Waals surface area contributed by atoms with Gasteiger partial charge in [0.2, 0.25) is 0 Å². The predicted octanol–water partition coefficient (Wildman–Crippen LogP) is 2.79. The van der Waals surface area contributed by atoms with Crippen LogP contribution in [-0.2, 0) is 6.42 Å². The number of para-hydroxylation sites is 1. The fourth-order valence-corrected chi connectivity index (χ4v) is 2.49. The van der Waals surface area contributed by atoms with Crippen molar-refractivity contribution >= 4 is 11.5 Å². The highest BCUT2D eigenvalue weighted by molar-refractivity contribution is 5.42. The quantitative estimate of drug-likeness (QED) is 0.731. The summed E-state index contributed by atoms with van der Waals surface area (Å²) in [6.45, 7) is 4.96. The van der Waals surface area contributed by atoms with Gasteiger partial charge in [0.05, 0.1) is 0 Å². The molecule has 3 rings (SSSR count). The van der Waals surface area contributed by atoms with Gasteiger partial charge in [-0.05, 0) is 38.5 Å². The van der Waals surface area contributed by atoms with Crippen LogP contribution in [0.15, 0.2) is 36.4 Å². The van der Waals surface area contributed by atoms with Gasteiger partial charge in [-0.15, -0.1) is 10.2 Å². The molecular formula is C16H19N5. The third kappa shape index (κ3) is 3.02. The van der Waals surface area contributed by atoms with Crippen LogP contribution in [-0.4, -0.2) is 26.1 Å². The molecule has 5 heteroatoms. The van der Waals surface area contributed by atoms with Crippen LogP contribution in [0.2, 0.25) is 0 Å². The first-order valence-electron chi connectivity index (χ1n) is 7.21. The summed E-state index contributed by atoms with van der Waals surface area (Å²) in [6.07, 6.45) is 1.88. The minimum absolute atomic E-state index is 0.693. The zero-order valence-corrected chi connectivity index (χ0v) is 12.4. The third-order valence-electron chi connectivity index (χ3n) is 3.44. The zero-order chi connectivity index (χ0) is 14.7. The van der Waals surface area contributed by atoms with Crippen LogP contribution in [0.5, 0.6) is 0 Å². The molecule has 2 heterocycles. The van der Waals surface area contributed by atoms with Gasteiger partial charge in [-0.2, -0.15) is 0 Å². The first kappa shape index (κ1) is 13.5. The van der Waals surface area contributed by atoms with E-state index in [1.807, 2.05) is 29.5 Å². The lowest BCUT2D eigenvalue weighted by atomic mass is 10.2. The maximum atomic E-state index is 4.41. The van der Waals surface area contributed by atoms with Gasteiger partial charge in [-0.1, -0.05) is 18.2 Å². The average molecular weight is 281 g/mol. The summed E-state index contributed by atoms with van der Waals surface area (Å²) in [5.74, 6) is 1.67. The van der Waals surface area contributed by atoms with Crippen molar-refractivity contribution in [1.82, 2.24) is 19.6 Å². The summed E-state index contributed by atoms with van der Waals surface area (Å²) in [5, 5.41) is 11.8. The Morgan fingerprint density at radius 2 is 1.90 bits per heavy atom. The molecule has 0 spiro atoms. The maximum Gasteiger partial charge on any atom is 0.255 e. The summed E-state index contributed by atoms with van der Waals surface area (Å²) in [7, 11) is 0. The van der Waals surface area contributed by atoms with E-state index in [-0.39, 0.29) is 0 Å². The lowest BCUT2D eigenvalue weighted by Crippen LogP contribution is -2.06. The highest BCUT2D eigenvalue weighted by Gasteiger charge is 2.08. The number of fused-ring (bicyclic) bond motifs is 1. The third-order valence-corrected chi connectivity index (χ3v) is 3.44. The summed E-state index contributed by atoms with van der Waals surface area (Å²) < 4.78 is 2.04. The van der Waals surface area contributed by atoms with Gasteiger partial charge in [-0.25, -0.2) is 4.98 Å². The number of nitrogens with one attached hydrogen (secondary N) is 1. The van der Waals surface area contributed by atoms with Crippen molar-refractivity contribution in [1.29, 1.82) is 0 Å². The monoisotopic (exact) mass is 281 g/mol. The van der Waals surface area contributed by atoms with E-state index in [0.29, 0.717) is 5.78 Å². The number of rotatable bonds is 5. The van der Waals surface area contributed by atoms with E-state index in [4.69, 9.17) is 0 Å². The Morgan fingerprint density at radius 3 is 2.71 bits per heavy atom. The van der Waals surface area contributed by atoms with E-state index in [2.05, 4.69) is 45.6 Å². The largest absolute Gasteiger partial charge is 0.385 e. The van der Waals surface area contributed by atoms with E-state index in [1.54, 1.807) is 0 Å². The average Bonchev–Trinajstić information content (AvgIpc) is 2.88. The number of hydrogen-bond donors (Lipinski definition) is 1. The smallest absolute Gasteiger partial charge is 0.255 e. The second kappa shape index (κ2) is 5.91. The van der Waals surface area contributed by atoms with Gasteiger partial charge in [0.1, 0.15) is 5.82 Å². The Balaban J connectivity index is 1.63. The molecule has 0 radical (unpaired) electrons. The molecule has 0 aliphatic rings. The molecule has 108 valence electrons. The number of aryl methyl sites for hydroxylation is 3. The SMILES string of the molecule is Cc1cc(C)n2c(CCCNc3ccccc3)nnc2n1. The minimum Gasteiger partial charge on any atom is -0.385 e. The Kier molecular flexibility index (Phi) is 3.81. The molecule has 2 aromatic heterocycles. The fraction of sp³-hybridized carbons (Fsp3) is 0.312. The van der Waals surface area contributed by atoms with E-state index in [9.17, 15) is 0 Å². The summed E-state index contributed by atoms with van der Waals surface area (Å²) in [4.78, 5) is 4.41. The molecule has 1 aromatic carbocycles. The van der Waals surface area contributed by atoms with Crippen LogP contribution in [0, 0.1) is 13.8 Å². The molecule has 0 unspecified atom stereocenters. The Hall–Kier alpha value is -2.43. The van der Waals surface area contributed by atoms with Crippen molar-refractivity contribution in [3.63, 3.8) is 0 Å². The molecule has 0 saturated carbocycles. The highest BCUT2D eigenvalue weighted by Crippen LogP contribution is 2.10. The molecule has 0 saturated heterocycles. The molecule has 0 amide bonds. The van der Waals surface area contributed by atoms with Crippen LogP contribution < -0.4 is 5.32 Å². The minimum atomic E-state index is 0.693. The number of aromatic nitrogens is 4. The molecule has 0 fully saturated rings. The van der Waals surface area contributed by atoms with Crippen molar-refractivity contribution in [3.05, 3.63) is 53.6 Å². The summed E-state index contributed by atoms with van der Waals surface area (Å²) in [5.41, 5.74) is 3.26. The lowest BCUT2D eigenvalue weighted by molar-refractivity contribution is 0.780. The van der Waals surface area contributed by atoms with Crippen LogP contribution in [0.4, 0.5) is 5.69 Å². The zero-order valence-electron chi connectivity index (χ0n) is 12.4. The van der Waals surface area contributed by atoms with Gasteiger partial charge in [0.15, 0.2) is 0 Å². The highest BCUT2D eigenvalue weighted by atomic mass is 15.3. The second-order valence-electron chi connectivity index (χ2n) is 5.19. The summed E-state index contributed by atoms with van der Waals surface area (Å²) >= 11 is 0. The number of benzene rings is 1. The van der Waals surface area contributed by atoms with Gasteiger partial charge >= 0.3 is 0 Å². The topological polar surface area (TPSA) is 55.1 Å². The second-order valence-corrected chi connectivity index (χ2v) is 5.19. The molecule has 0 atom stereocenters. The first-order valence-corrected chi connectivity index (χ1v) is 7.21. The molecule has 5 nitrogen and oxygen atoms in total. The molecule has 0 bridgehead atoms. The van der Waals surface area contributed by atoms with Crippen molar-refractivity contribution in [3.8, 4) is 0 Å².